The Morgan fingerprint density at radius 3 is 2.85 bits per heavy atom. The summed E-state index contributed by atoms with van der Waals surface area (Å²) in [5, 5.41) is 12.8. The molecule has 3 aromatic rings. The minimum atomic E-state index is -0.883. The van der Waals surface area contributed by atoms with Gasteiger partial charge >= 0.3 is 0 Å². The third-order valence-corrected chi connectivity index (χ3v) is 6.45. The van der Waals surface area contributed by atoms with Crippen LogP contribution in [-0.2, 0) is 25.0 Å². The summed E-state index contributed by atoms with van der Waals surface area (Å²) in [4.78, 5) is 11.8. The van der Waals surface area contributed by atoms with Crippen LogP contribution in [0.15, 0.2) is 24.4 Å². The van der Waals surface area contributed by atoms with Crippen LogP contribution in [0.2, 0.25) is 0 Å². The Hall–Kier alpha value is -2.24. The van der Waals surface area contributed by atoms with Crippen molar-refractivity contribution in [2.45, 2.75) is 51.8 Å². The first-order chi connectivity index (χ1) is 12.9. The highest BCUT2D eigenvalue weighted by Crippen LogP contribution is 2.47. The molecule has 0 amide bonds. The van der Waals surface area contributed by atoms with Gasteiger partial charge in [-0.3, -0.25) is 4.98 Å². The van der Waals surface area contributed by atoms with Crippen molar-refractivity contribution in [2.75, 3.05) is 13.6 Å². The van der Waals surface area contributed by atoms with Crippen LogP contribution in [0, 0.1) is 13.8 Å². The molecule has 1 aliphatic heterocycles. The van der Waals surface area contributed by atoms with E-state index in [-0.39, 0.29) is 6.04 Å². The normalized spacial score (nSPS) is 23.0. The van der Waals surface area contributed by atoms with E-state index >= 15 is 0 Å². The maximum atomic E-state index is 11.6. The fraction of sp³-hybridized carbons (Fsp3) is 0.455. The topological polar surface area (TPSA) is 54.2 Å². The number of hydrogen-bond acceptors (Lipinski definition) is 4. The molecule has 1 N–H and O–H groups in total. The van der Waals surface area contributed by atoms with Gasteiger partial charge in [0.1, 0.15) is 11.2 Å². The molecule has 5 nitrogen and oxygen atoms in total. The van der Waals surface area contributed by atoms with Gasteiger partial charge in [0.05, 0.1) is 11.7 Å². The maximum absolute atomic E-state index is 11.6. The molecule has 2 aliphatic rings. The van der Waals surface area contributed by atoms with Gasteiger partial charge in [-0.1, -0.05) is 6.07 Å². The standard InChI is InChI=1S/C22H26N4O/c1-13-9-16-17-12-25(4)8-7-20(17)26(21(16)23-11-13)15(3)22(27)10-19-18(22)6-5-14(2)24-19/h5-6,9,11,15,27H,7-8,10,12H2,1-4H3. The number of pyridine rings is 2. The van der Waals surface area contributed by atoms with Crippen LogP contribution in [0.5, 0.6) is 0 Å². The van der Waals surface area contributed by atoms with Gasteiger partial charge in [0.2, 0.25) is 0 Å². The number of aryl methyl sites for hydroxylation is 2. The van der Waals surface area contributed by atoms with Crippen LogP contribution < -0.4 is 0 Å². The van der Waals surface area contributed by atoms with E-state index in [9.17, 15) is 5.11 Å². The summed E-state index contributed by atoms with van der Waals surface area (Å²) in [6, 6.07) is 6.20. The van der Waals surface area contributed by atoms with Crippen molar-refractivity contribution < 1.29 is 5.11 Å². The van der Waals surface area contributed by atoms with Crippen LogP contribution in [0.1, 0.15) is 46.7 Å². The van der Waals surface area contributed by atoms with Crippen LogP contribution >= 0.6 is 0 Å². The number of likely N-dealkylation sites (N-methyl/N-ethyl adjacent to an activating group) is 1. The van der Waals surface area contributed by atoms with E-state index in [2.05, 4.69) is 41.4 Å². The van der Waals surface area contributed by atoms with Gasteiger partial charge in [-0.05, 0) is 51.1 Å². The van der Waals surface area contributed by atoms with E-state index in [1.807, 2.05) is 25.3 Å². The number of aliphatic hydroxyl groups is 1. The molecule has 0 saturated carbocycles. The van der Waals surface area contributed by atoms with Crippen molar-refractivity contribution in [3.8, 4) is 0 Å². The van der Waals surface area contributed by atoms with Crippen LogP contribution in [0.3, 0.4) is 0 Å². The Balaban J connectivity index is 1.68. The van der Waals surface area contributed by atoms with Crippen molar-refractivity contribution in [3.63, 3.8) is 0 Å². The van der Waals surface area contributed by atoms with E-state index in [1.54, 1.807) is 0 Å². The molecule has 2 atom stereocenters. The van der Waals surface area contributed by atoms with E-state index in [0.29, 0.717) is 6.42 Å². The predicted molar refractivity (Wildman–Crippen MR) is 106 cm³/mol. The lowest BCUT2D eigenvalue weighted by Crippen LogP contribution is -2.46. The number of fused-ring (bicyclic) bond motifs is 4. The second-order valence-corrected chi connectivity index (χ2v) is 8.39. The molecular weight excluding hydrogens is 336 g/mol. The molecule has 0 bridgehead atoms. The third-order valence-electron chi connectivity index (χ3n) is 6.45. The first-order valence-electron chi connectivity index (χ1n) is 9.74. The molecule has 0 radical (unpaired) electrons. The Labute approximate surface area is 159 Å². The summed E-state index contributed by atoms with van der Waals surface area (Å²) in [6.45, 7) is 8.19. The quantitative estimate of drug-likeness (QED) is 0.761. The molecule has 0 fully saturated rings. The minimum Gasteiger partial charge on any atom is -0.383 e. The molecule has 0 spiro atoms. The zero-order valence-electron chi connectivity index (χ0n) is 16.5. The summed E-state index contributed by atoms with van der Waals surface area (Å²) < 4.78 is 2.31. The monoisotopic (exact) mass is 362 g/mol. The largest absolute Gasteiger partial charge is 0.383 e. The van der Waals surface area contributed by atoms with E-state index in [0.717, 1.165) is 42.1 Å². The van der Waals surface area contributed by atoms with E-state index < -0.39 is 5.60 Å². The summed E-state index contributed by atoms with van der Waals surface area (Å²) in [7, 11) is 2.17. The molecule has 2 unspecified atom stereocenters. The van der Waals surface area contributed by atoms with Crippen LogP contribution in [0.4, 0.5) is 0 Å². The SMILES string of the molecule is Cc1cnc2c(c1)c1c(n2C(C)C2(O)Cc3nc(C)ccc32)CCN(C)C1. The minimum absolute atomic E-state index is 0.0839. The fourth-order valence-corrected chi connectivity index (χ4v) is 4.88. The summed E-state index contributed by atoms with van der Waals surface area (Å²) in [5.41, 5.74) is 6.99. The number of hydrogen-bond donors (Lipinski definition) is 1. The highest BCUT2D eigenvalue weighted by molar-refractivity contribution is 5.83. The summed E-state index contributed by atoms with van der Waals surface area (Å²) >= 11 is 0. The molecule has 5 rings (SSSR count). The van der Waals surface area contributed by atoms with E-state index in [4.69, 9.17) is 4.98 Å². The average Bonchev–Trinajstić information content (AvgIpc) is 2.93. The Bertz CT molecular complexity index is 1070. The molecule has 5 heteroatoms. The molecular formula is C22H26N4O. The lowest BCUT2D eigenvalue weighted by molar-refractivity contribution is -0.0351. The second-order valence-electron chi connectivity index (χ2n) is 8.39. The molecule has 27 heavy (non-hydrogen) atoms. The van der Waals surface area contributed by atoms with Crippen molar-refractivity contribution in [3.05, 3.63) is 58.2 Å². The number of nitrogens with zero attached hydrogens (tertiary/aromatic N) is 4. The zero-order chi connectivity index (χ0) is 18.9. The van der Waals surface area contributed by atoms with E-state index in [1.165, 1.54) is 22.2 Å². The summed E-state index contributed by atoms with van der Waals surface area (Å²) in [5.74, 6) is 0. The lowest BCUT2D eigenvalue weighted by atomic mass is 9.72. The van der Waals surface area contributed by atoms with Crippen molar-refractivity contribution in [1.29, 1.82) is 0 Å². The molecule has 0 aromatic carbocycles. The van der Waals surface area contributed by atoms with Crippen LogP contribution in [0.25, 0.3) is 11.0 Å². The third kappa shape index (κ3) is 2.31. The van der Waals surface area contributed by atoms with Gasteiger partial charge in [0, 0.05) is 54.5 Å². The average molecular weight is 362 g/mol. The molecule has 1 aliphatic carbocycles. The van der Waals surface area contributed by atoms with Crippen molar-refractivity contribution in [2.24, 2.45) is 0 Å². The highest BCUT2D eigenvalue weighted by Gasteiger charge is 2.48. The van der Waals surface area contributed by atoms with Gasteiger partial charge in [-0.2, -0.15) is 0 Å². The maximum Gasteiger partial charge on any atom is 0.140 e. The predicted octanol–water partition coefficient (Wildman–Crippen LogP) is 3.04. The molecule has 3 aromatic heterocycles. The van der Waals surface area contributed by atoms with Crippen molar-refractivity contribution in [1.82, 2.24) is 19.4 Å². The Morgan fingerprint density at radius 2 is 2.07 bits per heavy atom. The van der Waals surface area contributed by atoms with Gasteiger partial charge in [0.25, 0.3) is 0 Å². The Kier molecular flexibility index (Phi) is 3.52. The van der Waals surface area contributed by atoms with Gasteiger partial charge in [-0.25, -0.2) is 4.98 Å². The fourth-order valence-electron chi connectivity index (χ4n) is 4.88. The first-order valence-corrected chi connectivity index (χ1v) is 9.74. The Morgan fingerprint density at radius 1 is 1.26 bits per heavy atom. The van der Waals surface area contributed by atoms with Gasteiger partial charge in [-0.15, -0.1) is 0 Å². The van der Waals surface area contributed by atoms with Crippen molar-refractivity contribution >= 4 is 11.0 Å². The van der Waals surface area contributed by atoms with Crippen LogP contribution in [-0.4, -0.2) is 38.1 Å². The number of aromatic nitrogens is 3. The summed E-state index contributed by atoms with van der Waals surface area (Å²) in [6.07, 6.45) is 3.52. The molecule has 0 saturated heterocycles. The number of rotatable bonds is 2. The van der Waals surface area contributed by atoms with Gasteiger partial charge < -0.3 is 14.6 Å². The smallest absolute Gasteiger partial charge is 0.140 e. The zero-order valence-corrected chi connectivity index (χ0v) is 16.5. The second kappa shape index (κ2) is 5.63. The highest BCUT2D eigenvalue weighted by atomic mass is 16.3. The molecule has 140 valence electrons. The first kappa shape index (κ1) is 16.9. The lowest BCUT2D eigenvalue weighted by Gasteiger charge is -2.44. The van der Waals surface area contributed by atoms with Gasteiger partial charge in [0.15, 0.2) is 0 Å². The molecule has 4 heterocycles.